The second-order valence-corrected chi connectivity index (χ2v) is 5.56. The van der Waals surface area contributed by atoms with Crippen LogP contribution in [-0.4, -0.2) is 26.4 Å². The second kappa shape index (κ2) is 4.20. The van der Waals surface area contributed by atoms with E-state index in [0.717, 1.165) is 23.3 Å². The van der Waals surface area contributed by atoms with E-state index in [1.54, 1.807) is 0 Å². The lowest BCUT2D eigenvalue weighted by molar-refractivity contribution is 0.0922. The van der Waals surface area contributed by atoms with Gasteiger partial charge in [-0.3, -0.25) is 4.79 Å². The lowest BCUT2D eigenvalue weighted by atomic mass is 9.87. The molecule has 0 atom stereocenters. The minimum absolute atomic E-state index is 0.0717. The van der Waals surface area contributed by atoms with E-state index in [4.69, 9.17) is 0 Å². The summed E-state index contributed by atoms with van der Waals surface area (Å²) in [5, 5.41) is 5.09. The number of rotatable bonds is 2. The van der Waals surface area contributed by atoms with Crippen LogP contribution in [-0.2, 0) is 6.42 Å². The van der Waals surface area contributed by atoms with Crippen LogP contribution in [0.5, 0.6) is 0 Å². The van der Waals surface area contributed by atoms with Gasteiger partial charge in [0.15, 0.2) is 11.0 Å². The van der Waals surface area contributed by atoms with Crippen LogP contribution in [0.3, 0.4) is 0 Å². The normalized spacial score (nSPS) is 21.4. The molecule has 1 aromatic heterocycles. The Morgan fingerprint density at radius 3 is 2.88 bits per heavy atom. The van der Waals surface area contributed by atoms with E-state index in [2.05, 4.69) is 10.1 Å². The Balaban J connectivity index is 1.71. The fraction of sp³-hybridized carbons (Fsp3) is 0.727. The van der Waals surface area contributed by atoms with Crippen LogP contribution < -0.4 is 0 Å². The van der Waals surface area contributed by atoms with E-state index in [0.29, 0.717) is 5.75 Å². The van der Waals surface area contributed by atoms with Crippen LogP contribution in [0.1, 0.15) is 42.7 Å². The average Bonchev–Trinajstić information content (AvgIpc) is 2.83. The van der Waals surface area contributed by atoms with E-state index >= 15 is 0 Å². The van der Waals surface area contributed by atoms with Gasteiger partial charge in [-0.1, -0.05) is 43.9 Å². The van der Waals surface area contributed by atoms with Gasteiger partial charge in [0.2, 0.25) is 0 Å². The minimum atomic E-state index is 0.0717. The SMILES string of the molecule is O=C1CSc2nc(CC3CCCCC3)nn21. The zero-order valence-electron chi connectivity index (χ0n) is 9.19. The summed E-state index contributed by atoms with van der Waals surface area (Å²) in [5.41, 5.74) is 0. The Hall–Kier alpha value is -0.840. The monoisotopic (exact) mass is 237 g/mol. The number of nitrogens with zero attached hydrogens (tertiary/aromatic N) is 3. The van der Waals surface area contributed by atoms with Gasteiger partial charge < -0.3 is 0 Å². The van der Waals surface area contributed by atoms with Crippen molar-refractivity contribution in [3.05, 3.63) is 5.82 Å². The van der Waals surface area contributed by atoms with Crippen molar-refractivity contribution >= 4 is 17.7 Å². The number of hydrogen-bond acceptors (Lipinski definition) is 4. The first-order valence-electron chi connectivity index (χ1n) is 5.95. The van der Waals surface area contributed by atoms with Crippen LogP contribution in [0, 0.1) is 5.92 Å². The van der Waals surface area contributed by atoms with E-state index in [1.807, 2.05) is 0 Å². The third-order valence-electron chi connectivity index (χ3n) is 3.38. The van der Waals surface area contributed by atoms with Gasteiger partial charge >= 0.3 is 0 Å². The maximum absolute atomic E-state index is 11.4. The molecule has 0 saturated heterocycles. The molecule has 5 heteroatoms. The quantitative estimate of drug-likeness (QED) is 0.790. The molecule has 1 saturated carbocycles. The Morgan fingerprint density at radius 2 is 2.12 bits per heavy atom. The number of fused-ring (bicyclic) bond motifs is 1. The molecule has 0 spiro atoms. The molecule has 1 fully saturated rings. The maximum Gasteiger partial charge on any atom is 0.259 e. The molecule has 16 heavy (non-hydrogen) atoms. The molecule has 0 aromatic carbocycles. The van der Waals surface area contributed by atoms with Gasteiger partial charge in [-0.15, -0.1) is 5.10 Å². The maximum atomic E-state index is 11.4. The topological polar surface area (TPSA) is 47.8 Å². The molecule has 4 nitrogen and oxygen atoms in total. The standard InChI is InChI=1S/C11H15N3OS/c15-10-7-16-11-12-9(13-14(10)11)6-8-4-2-1-3-5-8/h8H,1-7H2. The predicted molar refractivity (Wildman–Crippen MR) is 61.7 cm³/mol. The predicted octanol–water partition coefficient (Wildman–Crippen LogP) is 2.15. The number of hydrogen-bond donors (Lipinski definition) is 0. The summed E-state index contributed by atoms with van der Waals surface area (Å²) in [6.07, 6.45) is 7.60. The molecule has 2 aliphatic rings. The summed E-state index contributed by atoms with van der Waals surface area (Å²) in [4.78, 5) is 15.8. The highest BCUT2D eigenvalue weighted by Crippen LogP contribution is 2.28. The van der Waals surface area contributed by atoms with E-state index in [9.17, 15) is 4.79 Å². The van der Waals surface area contributed by atoms with Crippen molar-refractivity contribution in [2.24, 2.45) is 5.92 Å². The molecule has 86 valence electrons. The zero-order valence-corrected chi connectivity index (χ0v) is 10.0. The largest absolute Gasteiger partial charge is 0.271 e. The number of thioether (sulfide) groups is 1. The highest BCUT2D eigenvalue weighted by Gasteiger charge is 2.25. The number of carbonyl (C=O) groups is 1. The summed E-state index contributed by atoms with van der Waals surface area (Å²) in [6.45, 7) is 0. The zero-order chi connectivity index (χ0) is 11.0. The van der Waals surface area contributed by atoms with Crippen LogP contribution in [0.25, 0.3) is 0 Å². The van der Waals surface area contributed by atoms with Gasteiger partial charge in [-0.05, 0) is 5.92 Å². The van der Waals surface area contributed by atoms with Gasteiger partial charge in [0, 0.05) is 6.42 Å². The highest BCUT2D eigenvalue weighted by atomic mass is 32.2. The molecule has 0 N–H and O–H groups in total. The van der Waals surface area contributed by atoms with Crippen molar-refractivity contribution in [1.29, 1.82) is 0 Å². The molecule has 0 unspecified atom stereocenters. The highest BCUT2D eigenvalue weighted by molar-refractivity contribution is 8.00. The lowest BCUT2D eigenvalue weighted by Gasteiger charge is -2.19. The summed E-state index contributed by atoms with van der Waals surface area (Å²) in [7, 11) is 0. The van der Waals surface area contributed by atoms with Crippen LogP contribution in [0.2, 0.25) is 0 Å². The molecule has 0 radical (unpaired) electrons. The first-order chi connectivity index (χ1) is 7.83. The molecule has 0 bridgehead atoms. The van der Waals surface area contributed by atoms with Crippen LogP contribution in [0.15, 0.2) is 5.16 Å². The van der Waals surface area contributed by atoms with Crippen molar-refractivity contribution in [3.63, 3.8) is 0 Å². The van der Waals surface area contributed by atoms with E-state index in [1.165, 1.54) is 48.5 Å². The Kier molecular flexibility index (Phi) is 2.71. The van der Waals surface area contributed by atoms with Crippen molar-refractivity contribution in [3.8, 4) is 0 Å². The van der Waals surface area contributed by atoms with E-state index < -0.39 is 0 Å². The lowest BCUT2D eigenvalue weighted by Crippen LogP contribution is -2.12. The molecule has 1 aliphatic heterocycles. The van der Waals surface area contributed by atoms with Gasteiger partial charge in [0.25, 0.3) is 5.91 Å². The molecule has 1 aromatic rings. The fourth-order valence-electron chi connectivity index (χ4n) is 2.52. The summed E-state index contributed by atoms with van der Waals surface area (Å²) < 4.78 is 1.48. The van der Waals surface area contributed by atoms with Crippen molar-refractivity contribution in [2.45, 2.75) is 43.7 Å². The molecule has 0 amide bonds. The average molecular weight is 237 g/mol. The van der Waals surface area contributed by atoms with E-state index in [-0.39, 0.29) is 5.91 Å². The molecule has 3 rings (SSSR count). The summed E-state index contributed by atoms with van der Waals surface area (Å²) in [5.74, 6) is 2.17. The third kappa shape index (κ3) is 1.88. The Bertz CT molecular complexity index is 409. The number of aromatic nitrogens is 3. The number of carbonyl (C=O) groups excluding carboxylic acids is 1. The van der Waals surface area contributed by atoms with Gasteiger partial charge in [-0.25, -0.2) is 4.98 Å². The summed E-state index contributed by atoms with van der Waals surface area (Å²) in [6, 6.07) is 0. The third-order valence-corrected chi connectivity index (χ3v) is 4.29. The van der Waals surface area contributed by atoms with Gasteiger partial charge in [0.05, 0.1) is 5.75 Å². The molecule has 2 heterocycles. The molecular weight excluding hydrogens is 222 g/mol. The Labute approximate surface area is 98.8 Å². The van der Waals surface area contributed by atoms with Crippen LogP contribution >= 0.6 is 11.8 Å². The minimum Gasteiger partial charge on any atom is -0.271 e. The second-order valence-electron chi connectivity index (χ2n) is 4.61. The van der Waals surface area contributed by atoms with Crippen LogP contribution in [0.4, 0.5) is 0 Å². The first kappa shape index (κ1) is 10.3. The van der Waals surface area contributed by atoms with Crippen molar-refractivity contribution < 1.29 is 4.79 Å². The Morgan fingerprint density at radius 1 is 1.31 bits per heavy atom. The van der Waals surface area contributed by atoms with Crippen molar-refractivity contribution in [2.75, 3.05) is 5.75 Å². The fourth-order valence-corrected chi connectivity index (χ4v) is 3.33. The van der Waals surface area contributed by atoms with Gasteiger partial charge in [-0.2, -0.15) is 4.68 Å². The smallest absolute Gasteiger partial charge is 0.259 e. The summed E-state index contributed by atoms with van der Waals surface area (Å²) >= 11 is 1.50. The van der Waals surface area contributed by atoms with Crippen molar-refractivity contribution in [1.82, 2.24) is 14.8 Å². The van der Waals surface area contributed by atoms with Gasteiger partial charge in [0.1, 0.15) is 0 Å². The molecular formula is C11H15N3OS. The molecule has 1 aliphatic carbocycles. The first-order valence-corrected chi connectivity index (χ1v) is 6.93.